The second-order valence-electron chi connectivity index (χ2n) is 9.86. The molecule has 0 atom stereocenters. The molecule has 2 fully saturated rings. The van der Waals surface area contributed by atoms with Crippen LogP contribution in [-0.2, 0) is 19.1 Å². The molecule has 0 radical (unpaired) electrons. The lowest BCUT2D eigenvalue weighted by Crippen LogP contribution is -2.68. The smallest absolute Gasteiger partial charge is 0.309 e. The number of fused-ring (bicyclic) bond motifs is 2. The molecule has 0 N–H and O–H groups in total. The SMILES string of the molecule is CCOC(=O)C1CC2([N+](=O)[O-])CC(C(=O)OCC)CC([N+](=O)[O-])(C1)C2c1ccc(-c2ccccc2)cc1. The number of benzene rings is 2. The third-order valence-electron chi connectivity index (χ3n) is 7.79. The first kappa shape index (κ1) is 26.2. The molecule has 0 aromatic heterocycles. The number of hydrogen-bond donors (Lipinski definition) is 0. The zero-order valence-electron chi connectivity index (χ0n) is 20.8. The van der Waals surface area contributed by atoms with Crippen molar-refractivity contribution in [2.75, 3.05) is 13.2 Å². The van der Waals surface area contributed by atoms with Crippen molar-refractivity contribution in [2.24, 2.45) is 11.8 Å². The minimum atomic E-state index is -1.92. The van der Waals surface area contributed by atoms with E-state index < -0.39 is 50.6 Å². The van der Waals surface area contributed by atoms with Gasteiger partial charge in [-0.05, 0) is 30.5 Å². The maximum absolute atomic E-state index is 12.9. The Balaban J connectivity index is 1.86. The van der Waals surface area contributed by atoms with Gasteiger partial charge in [0.25, 0.3) is 0 Å². The molecule has 196 valence electrons. The lowest BCUT2D eigenvalue weighted by atomic mass is 9.49. The number of carbonyl (C=O) groups excluding carboxylic acids is 2. The highest BCUT2D eigenvalue weighted by molar-refractivity contribution is 5.75. The van der Waals surface area contributed by atoms with Crippen molar-refractivity contribution in [2.45, 2.75) is 56.5 Å². The first-order chi connectivity index (χ1) is 17.7. The molecule has 2 aliphatic rings. The predicted molar refractivity (Wildman–Crippen MR) is 133 cm³/mol. The summed E-state index contributed by atoms with van der Waals surface area (Å²) in [5, 5.41) is 25.7. The van der Waals surface area contributed by atoms with Gasteiger partial charge in [-0.3, -0.25) is 29.8 Å². The van der Waals surface area contributed by atoms with Crippen LogP contribution in [0.25, 0.3) is 11.1 Å². The van der Waals surface area contributed by atoms with E-state index in [9.17, 15) is 29.8 Å². The molecule has 2 aliphatic carbocycles. The summed E-state index contributed by atoms with van der Waals surface area (Å²) < 4.78 is 10.3. The molecule has 0 aliphatic heterocycles. The standard InChI is InChI=1S/C27H30N2O8/c1-3-36-24(30)21-14-26(28(32)33)16-22(25(31)37-4-2)17-27(15-21,29(34)35)23(26)20-12-10-19(11-13-20)18-8-6-5-7-9-18/h5-13,21-23H,3-4,14-17H2,1-2H3. The number of nitrogens with zero attached hydrogens (tertiary/aromatic N) is 2. The monoisotopic (exact) mass is 510 g/mol. The zero-order valence-corrected chi connectivity index (χ0v) is 20.8. The van der Waals surface area contributed by atoms with Gasteiger partial charge < -0.3 is 9.47 Å². The number of esters is 2. The highest BCUT2D eigenvalue weighted by Crippen LogP contribution is 2.60. The molecule has 10 nitrogen and oxygen atoms in total. The van der Waals surface area contributed by atoms with Crippen LogP contribution < -0.4 is 0 Å². The Morgan fingerprint density at radius 1 is 0.757 bits per heavy atom. The molecule has 0 amide bonds. The second kappa shape index (κ2) is 10.3. The Labute approximate surface area is 214 Å². The van der Waals surface area contributed by atoms with Crippen molar-refractivity contribution in [1.29, 1.82) is 0 Å². The molecule has 0 saturated heterocycles. The second-order valence-corrected chi connectivity index (χ2v) is 9.86. The topological polar surface area (TPSA) is 139 Å². The van der Waals surface area contributed by atoms with Crippen LogP contribution in [0.1, 0.15) is 51.0 Å². The predicted octanol–water partition coefficient (Wildman–Crippen LogP) is 4.41. The Bertz CT molecular complexity index is 1120. The Morgan fingerprint density at radius 3 is 1.54 bits per heavy atom. The fourth-order valence-electron chi connectivity index (χ4n) is 6.47. The van der Waals surface area contributed by atoms with E-state index >= 15 is 0 Å². The van der Waals surface area contributed by atoms with Crippen molar-refractivity contribution < 1.29 is 28.9 Å². The highest BCUT2D eigenvalue weighted by Gasteiger charge is 2.75. The third kappa shape index (κ3) is 4.56. The maximum atomic E-state index is 12.9. The Kier molecular flexibility index (Phi) is 7.29. The van der Waals surface area contributed by atoms with Gasteiger partial charge in [-0.2, -0.15) is 0 Å². The number of hydrogen-bond acceptors (Lipinski definition) is 8. The van der Waals surface area contributed by atoms with E-state index in [1.54, 1.807) is 38.1 Å². The molecule has 2 saturated carbocycles. The largest absolute Gasteiger partial charge is 0.466 e. The number of rotatable bonds is 8. The van der Waals surface area contributed by atoms with Crippen molar-refractivity contribution >= 4 is 11.9 Å². The molecular weight excluding hydrogens is 480 g/mol. The van der Waals surface area contributed by atoms with E-state index in [1.165, 1.54) is 0 Å². The molecule has 0 spiro atoms. The summed E-state index contributed by atoms with van der Waals surface area (Å²) in [7, 11) is 0. The Hall–Kier alpha value is -3.82. The Morgan fingerprint density at radius 2 is 1.16 bits per heavy atom. The first-order valence-electron chi connectivity index (χ1n) is 12.5. The van der Waals surface area contributed by atoms with Gasteiger partial charge in [-0.1, -0.05) is 54.6 Å². The molecule has 2 aromatic rings. The summed E-state index contributed by atoms with van der Waals surface area (Å²) in [6, 6.07) is 16.5. The molecular formula is C27H30N2O8. The number of ether oxygens (including phenoxy) is 2. The lowest BCUT2D eigenvalue weighted by molar-refractivity contribution is -0.644. The minimum absolute atomic E-state index is 0.0576. The molecule has 37 heavy (non-hydrogen) atoms. The van der Waals surface area contributed by atoms with Gasteiger partial charge in [0.05, 0.1) is 25.0 Å². The van der Waals surface area contributed by atoms with E-state index in [0.717, 1.165) is 11.1 Å². The van der Waals surface area contributed by atoms with E-state index in [1.807, 2.05) is 30.3 Å². The van der Waals surface area contributed by atoms with Crippen LogP contribution in [0.4, 0.5) is 0 Å². The van der Waals surface area contributed by atoms with Gasteiger partial charge in [0.1, 0.15) is 5.92 Å². The van der Waals surface area contributed by atoms with Gasteiger partial charge in [0.15, 0.2) is 0 Å². The highest BCUT2D eigenvalue weighted by atomic mass is 16.6. The van der Waals surface area contributed by atoms with E-state index in [2.05, 4.69) is 0 Å². The van der Waals surface area contributed by atoms with Gasteiger partial charge in [0.2, 0.25) is 11.1 Å². The lowest BCUT2D eigenvalue weighted by Gasteiger charge is -2.51. The molecule has 10 heteroatoms. The molecule has 0 heterocycles. The average molecular weight is 511 g/mol. The summed E-state index contributed by atoms with van der Waals surface area (Å²) in [5.41, 5.74) is -1.60. The summed E-state index contributed by atoms with van der Waals surface area (Å²) in [6.07, 6.45) is -1.02. The molecule has 2 bridgehead atoms. The van der Waals surface area contributed by atoms with Crippen LogP contribution in [-0.4, -0.2) is 46.1 Å². The number of nitro groups is 2. The molecule has 2 aromatic carbocycles. The maximum Gasteiger partial charge on any atom is 0.309 e. The van der Waals surface area contributed by atoms with Gasteiger partial charge in [-0.25, -0.2) is 0 Å². The fourth-order valence-corrected chi connectivity index (χ4v) is 6.47. The van der Waals surface area contributed by atoms with Crippen LogP contribution >= 0.6 is 0 Å². The van der Waals surface area contributed by atoms with E-state index in [0.29, 0.717) is 5.56 Å². The number of carbonyl (C=O) groups is 2. The van der Waals surface area contributed by atoms with Crippen LogP contribution in [0.3, 0.4) is 0 Å². The summed E-state index contributed by atoms with van der Waals surface area (Å²) in [4.78, 5) is 50.2. The van der Waals surface area contributed by atoms with Crippen molar-refractivity contribution in [3.63, 3.8) is 0 Å². The van der Waals surface area contributed by atoms with Crippen LogP contribution in [0, 0.1) is 32.1 Å². The van der Waals surface area contributed by atoms with E-state index in [4.69, 9.17) is 9.47 Å². The summed E-state index contributed by atoms with van der Waals surface area (Å²) >= 11 is 0. The van der Waals surface area contributed by atoms with Gasteiger partial charge in [0, 0.05) is 35.5 Å². The van der Waals surface area contributed by atoms with Crippen molar-refractivity contribution in [3.8, 4) is 11.1 Å². The quantitative estimate of drug-likeness (QED) is 0.289. The van der Waals surface area contributed by atoms with Crippen molar-refractivity contribution in [3.05, 3.63) is 80.4 Å². The normalized spacial score (nSPS) is 28.6. The average Bonchev–Trinajstić information content (AvgIpc) is 2.88. The molecule has 4 rings (SSSR count). The zero-order chi connectivity index (χ0) is 26.8. The van der Waals surface area contributed by atoms with Crippen LogP contribution in [0.2, 0.25) is 0 Å². The van der Waals surface area contributed by atoms with Crippen LogP contribution in [0.15, 0.2) is 54.6 Å². The van der Waals surface area contributed by atoms with Crippen molar-refractivity contribution in [1.82, 2.24) is 0 Å². The third-order valence-corrected chi connectivity index (χ3v) is 7.79. The van der Waals surface area contributed by atoms with Gasteiger partial charge in [-0.15, -0.1) is 0 Å². The van der Waals surface area contributed by atoms with Crippen LogP contribution in [0.5, 0.6) is 0 Å². The van der Waals surface area contributed by atoms with E-state index in [-0.39, 0.29) is 38.9 Å². The minimum Gasteiger partial charge on any atom is -0.466 e. The summed E-state index contributed by atoms with van der Waals surface area (Å²) in [5.74, 6) is -4.58. The molecule has 0 unspecified atom stereocenters. The van der Waals surface area contributed by atoms with Gasteiger partial charge >= 0.3 is 11.9 Å². The first-order valence-corrected chi connectivity index (χ1v) is 12.5. The fraction of sp³-hybridized carbons (Fsp3) is 0.481. The summed E-state index contributed by atoms with van der Waals surface area (Å²) in [6.45, 7) is 3.34.